The van der Waals surface area contributed by atoms with Gasteiger partial charge >= 0.3 is 216 Å². The number of hydrogen-bond donors (Lipinski definition) is 0. The molecule has 0 nitrogen and oxygen atoms in total. The van der Waals surface area contributed by atoms with E-state index in [4.69, 9.17) is 0 Å². The number of halogens is 2. The molecule has 5 rings (SSSR count). The second-order valence-electron chi connectivity index (χ2n) is 10.9. The van der Waals surface area contributed by atoms with Crippen molar-refractivity contribution >= 4 is 11.3 Å². The largest absolute Gasteiger partial charge is 1.00 e. The summed E-state index contributed by atoms with van der Waals surface area (Å²) in [5.74, 6) is 0.557. The molecule has 3 aromatic rings. The summed E-state index contributed by atoms with van der Waals surface area (Å²) in [7, 11) is -1.40. The molecule has 0 N–H and O–H groups in total. The van der Waals surface area contributed by atoms with Gasteiger partial charge in [-0.15, -0.1) is 0 Å². The Kier molecular flexibility index (Phi) is 9.43. The minimum Gasteiger partial charge on any atom is -1.00 e. The van der Waals surface area contributed by atoms with Gasteiger partial charge in [-0.2, -0.15) is 0 Å². The molecule has 0 amide bonds. The van der Waals surface area contributed by atoms with Crippen LogP contribution in [0.25, 0.3) is 11.1 Å². The predicted molar refractivity (Wildman–Crippen MR) is 148 cm³/mol. The molecule has 0 heterocycles. The van der Waals surface area contributed by atoms with E-state index in [2.05, 4.69) is 125 Å². The normalized spacial score (nSPS) is 17.0. The topological polar surface area (TPSA) is 0 Å². The van der Waals surface area contributed by atoms with Crippen molar-refractivity contribution in [3.8, 4) is 11.1 Å². The van der Waals surface area contributed by atoms with Crippen LogP contribution in [0.2, 0.25) is 19.6 Å². The van der Waals surface area contributed by atoms with E-state index in [1.54, 1.807) is 25.1 Å². The van der Waals surface area contributed by atoms with Gasteiger partial charge in [0.1, 0.15) is 0 Å². The summed E-state index contributed by atoms with van der Waals surface area (Å²) in [6, 6.07) is 29.9. The maximum Gasteiger partial charge on any atom is -1.00 e. The Morgan fingerprint density at radius 2 is 1.28 bits per heavy atom. The third-order valence-electron chi connectivity index (χ3n) is 7.70. The van der Waals surface area contributed by atoms with Crippen molar-refractivity contribution in [3.05, 3.63) is 116 Å². The Labute approximate surface area is 238 Å². The van der Waals surface area contributed by atoms with Crippen molar-refractivity contribution < 1.29 is 46.1 Å². The molecule has 36 heavy (non-hydrogen) atoms. The van der Waals surface area contributed by atoms with Crippen molar-refractivity contribution in [2.45, 2.75) is 50.5 Å². The van der Waals surface area contributed by atoms with E-state index in [9.17, 15) is 0 Å². The van der Waals surface area contributed by atoms with E-state index in [0.717, 1.165) is 6.42 Å². The van der Waals surface area contributed by atoms with E-state index >= 15 is 0 Å². The zero-order valence-corrected chi connectivity index (χ0v) is 27.2. The molecule has 1 atom stereocenters. The van der Waals surface area contributed by atoms with Crippen molar-refractivity contribution in [2.75, 3.05) is 0 Å². The average molecular weight is 611 g/mol. The maximum atomic E-state index is 2.66. The zero-order chi connectivity index (χ0) is 24.0. The van der Waals surface area contributed by atoms with Crippen LogP contribution in [0.4, 0.5) is 0 Å². The summed E-state index contributed by atoms with van der Waals surface area (Å²) in [4.78, 5) is 0. The summed E-state index contributed by atoms with van der Waals surface area (Å²) in [6.45, 7) is 14.9. The monoisotopic (exact) mass is 608 g/mol. The molecule has 0 aromatic heterocycles. The third-order valence-corrected chi connectivity index (χ3v) is 19.5. The molecule has 0 bridgehead atoms. The smallest absolute Gasteiger partial charge is 1.00 e. The Morgan fingerprint density at radius 3 is 1.75 bits per heavy atom. The van der Waals surface area contributed by atoms with Gasteiger partial charge in [0, 0.05) is 0 Å². The first-order chi connectivity index (χ1) is 16.3. The Morgan fingerprint density at radius 1 is 0.778 bits per heavy atom. The maximum absolute atomic E-state index is 2.66. The molecule has 0 aliphatic heterocycles. The Bertz CT molecular complexity index is 1300. The molecule has 2 aliphatic carbocycles. The minimum atomic E-state index is -2.43. The molecule has 2 aliphatic rings. The van der Waals surface area contributed by atoms with Crippen molar-refractivity contribution in [2.24, 2.45) is 5.92 Å². The fourth-order valence-corrected chi connectivity index (χ4v) is 18.7. The van der Waals surface area contributed by atoms with Crippen LogP contribution >= 0.6 is 0 Å². The molecule has 186 valence electrons. The number of allylic oxidation sites excluding steroid dienone is 4. The van der Waals surface area contributed by atoms with E-state index in [1.807, 2.05) is 3.28 Å². The Balaban J connectivity index is 0.00000180. The number of rotatable bonds is 5. The molecule has 0 saturated carbocycles. The summed E-state index contributed by atoms with van der Waals surface area (Å²) in [5.41, 5.74) is 9.22. The van der Waals surface area contributed by atoms with Gasteiger partial charge in [0.25, 0.3) is 0 Å². The number of hydrogen-bond acceptors (Lipinski definition) is 0. The molecule has 1 unspecified atom stereocenters. The average Bonchev–Trinajstić information content (AvgIpc) is 3.32. The van der Waals surface area contributed by atoms with Crippen LogP contribution in [0, 0.1) is 5.92 Å². The molecule has 0 fully saturated rings. The first-order valence-corrected chi connectivity index (χ1v) is 20.1. The summed E-state index contributed by atoms with van der Waals surface area (Å²) < 4.78 is 4.16. The van der Waals surface area contributed by atoms with Crippen LogP contribution in [0.5, 0.6) is 0 Å². The summed E-state index contributed by atoms with van der Waals surface area (Å²) in [6.07, 6.45) is 3.80. The standard InChI is InChI=1S/C13H9.C10H17Si.C9H10.2ClH.Zr/c1-3-7-12-10(5-1)9-11-6-2-4-8-13(11)12;1-8-6-9(2)10(7-8)11(3,4)5;1-2-6-9-7-4-3-5-8-9;;;/h1-9H;7-8H,1-5H3;3-5,7-8H,2H2,1H3;2*1H;/q;;;;;+2/p-2. The van der Waals surface area contributed by atoms with Gasteiger partial charge in [-0.3, -0.25) is 0 Å². The number of benzene rings is 3. The zero-order valence-electron chi connectivity index (χ0n) is 22.2. The molecule has 4 heteroatoms. The summed E-state index contributed by atoms with van der Waals surface area (Å²) in [5, 5.41) is 1.70. The van der Waals surface area contributed by atoms with Crippen molar-refractivity contribution in [3.63, 3.8) is 0 Å². The molecule has 0 saturated heterocycles. The fraction of sp³-hybridized carbons (Fsp3) is 0.281. The second-order valence-corrected chi connectivity index (χ2v) is 22.2. The first kappa shape index (κ1) is 29.2. The van der Waals surface area contributed by atoms with E-state index < -0.39 is 29.3 Å². The minimum absolute atomic E-state index is 0. The van der Waals surface area contributed by atoms with Crippen LogP contribution in [-0.2, 0) is 21.3 Å². The number of fused-ring (bicyclic) bond motifs is 3. The summed E-state index contributed by atoms with van der Waals surface area (Å²) >= 11 is -2.43. The van der Waals surface area contributed by atoms with Crippen LogP contribution in [0.1, 0.15) is 47.5 Å². The molecular weight excluding hydrogens is 575 g/mol. The SMILES string of the molecule is CC/[C](c1ccccc1)=[Zr+2](\[C]1=C(C)C([Si](C)(C)C)=CC1C)[CH]1c2ccccc2-c2ccccc21.[Cl-].[Cl-]. The van der Waals surface area contributed by atoms with Gasteiger partial charge in [0.15, 0.2) is 0 Å². The van der Waals surface area contributed by atoms with Crippen molar-refractivity contribution in [1.82, 2.24) is 0 Å². The van der Waals surface area contributed by atoms with Gasteiger partial charge in [-0.05, 0) is 0 Å². The molecule has 0 radical (unpaired) electrons. The molecule has 0 spiro atoms. The Hall–Kier alpha value is -1.31. The fourth-order valence-electron chi connectivity index (χ4n) is 6.35. The van der Waals surface area contributed by atoms with E-state index in [0.29, 0.717) is 9.54 Å². The van der Waals surface area contributed by atoms with Crippen LogP contribution in [0.15, 0.2) is 99.0 Å². The van der Waals surface area contributed by atoms with Crippen LogP contribution < -0.4 is 24.8 Å². The quantitative estimate of drug-likeness (QED) is 0.390. The van der Waals surface area contributed by atoms with Gasteiger partial charge in [0.2, 0.25) is 0 Å². The van der Waals surface area contributed by atoms with Gasteiger partial charge in [0.05, 0.1) is 0 Å². The first-order valence-electron chi connectivity index (χ1n) is 12.7. The van der Waals surface area contributed by atoms with E-state index in [1.165, 1.54) is 16.7 Å². The van der Waals surface area contributed by atoms with Gasteiger partial charge < -0.3 is 24.8 Å². The predicted octanol–water partition coefficient (Wildman–Crippen LogP) is 2.74. The van der Waals surface area contributed by atoms with E-state index in [-0.39, 0.29) is 24.8 Å². The van der Waals surface area contributed by atoms with Gasteiger partial charge in [-0.1, -0.05) is 0 Å². The van der Waals surface area contributed by atoms with Gasteiger partial charge in [-0.25, -0.2) is 0 Å². The molecule has 3 aromatic carbocycles. The molecular formula is C32H36Cl2SiZr. The third kappa shape index (κ3) is 5.04. The second kappa shape index (κ2) is 11.6. The van der Waals surface area contributed by atoms with Crippen molar-refractivity contribution in [1.29, 1.82) is 0 Å². The van der Waals surface area contributed by atoms with Crippen LogP contribution in [-0.4, -0.2) is 11.3 Å². The van der Waals surface area contributed by atoms with Crippen LogP contribution in [0.3, 0.4) is 0 Å².